The predicted molar refractivity (Wildman–Crippen MR) is 61.5 cm³/mol. The van der Waals surface area contributed by atoms with Gasteiger partial charge in [-0.05, 0) is 19.9 Å². The SMILES string of the molecule is CCO[Si](CC)(OCC)C1C=CC=C1. The van der Waals surface area contributed by atoms with Crippen LogP contribution in [0.3, 0.4) is 0 Å². The van der Waals surface area contributed by atoms with Crippen LogP contribution in [0.2, 0.25) is 11.6 Å². The molecule has 0 aromatic rings. The van der Waals surface area contributed by atoms with Gasteiger partial charge in [0, 0.05) is 18.8 Å². The summed E-state index contributed by atoms with van der Waals surface area (Å²) < 4.78 is 11.8. The lowest BCUT2D eigenvalue weighted by atomic mass is 10.5. The molecule has 2 nitrogen and oxygen atoms in total. The summed E-state index contributed by atoms with van der Waals surface area (Å²) >= 11 is 0. The molecule has 14 heavy (non-hydrogen) atoms. The fraction of sp³-hybridized carbons (Fsp3) is 0.636. The van der Waals surface area contributed by atoms with Gasteiger partial charge < -0.3 is 8.85 Å². The Kier molecular flexibility index (Phi) is 4.58. The minimum Gasteiger partial charge on any atom is -0.394 e. The molecule has 0 radical (unpaired) electrons. The van der Waals surface area contributed by atoms with E-state index in [4.69, 9.17) is 8.85 Å². The van der Waals surface area contributed by atoms with Gasteiger partial charge in [-0.25, -0.2) is 0 Å². The molecule has 1 aliphatic rings. The third-order valence-corrected chi connectivity index (χ3v) is 6.47. The molecule has 0 saturated heterocycles. The average molecular weight is 212 g/mol. The molecular formula is C11H20O2Si. The number of hydrogen-bond acceptors (Lipinski definition) is 2. The van der Waals surface area contributed by atoms with Gasteiger partial charge >= 0.3 is 8.56 Å². The fourth-order valence-corrected chi connectivity index (χ4v) is 5.02. The zero-order chi connectivity index (χ0) is 10.4. The first-order chi connectivity index (χ1) is 6.79. The Balaban J connectivity index is 2.75. The lowest BCUT2D eigenvalue weighted by Crippen LogP contribution is -2.45. The van der Waals surface area contributed by atoms with Crippen LogP contribution in [0.15, 0.2) is 24.3 Å². The summed E-state index contributed by atoms with van der Waals surface area (Å²) in [5, 5.41) is 0. The van der Waals surface area contributed by atoms with E-state index in [1.807, 2.05) is 13.8 Å². The average Bonchev–Trinajstić information content (AvgIpc) is 2.70. The second kappa shape index (κ2) is 5.49. The van der Waals surface area contributed by atoms with E-state index < -0.39 is 8.56 Å². The lowest BCUT2D eigenvalue weighted by molar-refractivity contribution is 0.181. The Morgan fingerprint density at radius 1 is 1.00 bits per heavy atom. The first kappa shape index (κ1) is 11.7. The predicted octanol–water partition coefficient (Wildman–Crippen LogP) is 3.02. The van der Waals surface area contributed by atoms with E-state index in [0.717, 1.165) is 19.3 Å². The van der Waals surface area contributed by atoms with Crippen LogP contribution in [-0.2, 0) is 8.85 Å². The summed E-state index contributed by atoms with van der Waals surface area (Å²) in [5.41, 5.74) is 0.396. The van der Waals surface area contributed by atoms with E-state index in [0.29, 0.717) is 5.54 Å². The van der Waals surface area contributed by atoms with Crippen molar-refractivity contribution in [3.8, 4) is 0 Å². The Morgan fingerprint density at radius 3 is 1.86 bits per heavy atom. The van der Waals surface area contributed by atoms with Crippen molar-refractivity contribution in [2.75, 3.05) is 13.2 Å². The summed E-state index contributed by atoms with van der Waals surface area (Å²) in [7, 11) is -2.01. The molecule has 0 spiro atoms. The molecule has 0 bridgehead atoms. The summed E-state index contributed by atoms with van der Waals surface area (Å²) in [6, 6.07) is 1.01. The van der Waals surface area contributed by atoms with Gasteiger partial charge in [0.2, 0.25) is 0 Å². The highest BCUT2D eigenvalue weighted by atomic mass is 28.4. The minimum absolute atomic E-state index is 0.396. The molecule has 0 atom stereocenters. The van der Waals surface area contributed by atoms with Crippen LogP contribution in [0.1, 0.15) is 20.8 Å². The van der Waals surface area contributed by atoms with Crippen molar-refractivity contribution < 1.29 is 8.85 Å². The molecule has 0 aliphatic heterocycles. The van der Waals surface area contributed by atoms with E-state index >= 15 is 0 Å². The van der Waals surface area contributed by atoms with Crippen LogP contribution in [0.5, 0.6) is 0 Å². The maximum atomic E-state index is 5.92. The van der Waals surface area contributed by atoms with Crippen LogP contribution in [-0.4, -0.2) is 21.8 Å². The molecule has 0 fully saturated rings. The smallest absolute Gasteiger partial charge is 0.348 e. The van der Waals surface area contributed by atoms with Gasteiger partial charge in [-0.2, -0.15) is 0 Å². The Morgan fingerprint density at radius 2 is 1.50 bits per heavy atom. The highest BCUT2D eigenvalue weighted by molar-refractivity contribution is 6.70. The number of allylic oxidation sites excluding steroid dienone is 4. The van der Waals surface area contributed by atoms with Gasteiger partial charge in [0.15, 0.2) is 0 Å². The number of hydrogen-bond donors (Lipinski definition) is 0. The largest absolute Gasteiger partial charge is 0.394 e. The highest BCUT2D eigenvalue weighted by Crippen LogP contribution is 2.33. The van der Waals surface area contributed by atoms with E-state index in [9.17, 15) is 0 Å². The topological polar surface area (TPSA) is 18.5 Å². The van der Waals surface area contributed by atoms with Crippen molar-refractivity contribution in [1.29, 1.82) is 0 Å². The Hall–Kier alpha value is -0.383. The van der Waals surface area contributed by atoms with Crippen LogP contribution in [0.4, 0.5) is 0 Å². The highest BCUT2D eigenvalue weighted by Gasteiger charge is 2.42. The fourth-order valence-electron chi connectivity index (χ4n) is 1.89. The molecule has 1 aliphatic carbocycles. The second-order valence-electron chi connectivity index (χ2n) is 3.33. The van der Waals surface area contributed by atoms with Gasteiger partial charge in [0.1, 0.15) is 0 Å². The van der Waals surface area contributed by atoms with Crippen LogP contribution >= 0.6 is 0 Å². The molecule has 0 unspecified atom stereocenters. The third kappa shape index (κ3) is 2.35. The van der Waals surface area contributed by atoms with Gasteiger partial charge in [0.25, 0.3) is 0 Å². The molecule has 3 heteroatoms. The second-order valence-corrected chi connectivity index (χ2v) is 6.90. The molecule has 1 rings (SSSR count). The molecular weight excluding hydrogens is 192 g/mol. The standard InChI is InChI=1S/C11H20O2Si/c1-4-12-14(6-3,13-5-2)11-9-7-8-10-11/h7-11H,4-6H2,1-3H3. The van der Waals surface area contributed by atoms with E-state index in [2.05, 4.69) is 31.2 Å². The molecule has 0 amide bonds. The molecule has 0 saturated carbocycles. The van der Waals surface area contributed by atoms with E-state index in [1.54, 1.807) is 0 Å². The summed E-state index contributed by atoms with van der Waals surface area (Å²) in [6.45, 7) is 7.74. The first-order valence-electron chi connectivity index (χ1n) is 5.42. The Labute approximate surface area is 87.9 Å². The van der Waals surface area contributed by atoms with Crippen molar-refractivity contribution in [3.05, 3.63) is 24.3 Å². The summed E-state index contributed by atoms with van der Waals surface area (Å²) in [4.78, 5) is 0. The zero-order valence-corrected chi connectivity index (χ0v) is 10.3. The van der Waals surface area contributed by atoms with Gasteiger partial charge in [0.05, 0.1) is 0 Å². The van der Waals surface area contributed by atoms with Crippen LogP contribution < -0.4 is 0 Å². The quantitative estimate of drug-likeness (QED) is 0.630. The summed E-state index contributed by atoms with van der Waals surface area (Å²) in [6.07, 6.45) is 8.56. The third-order valence-electron chi connectivity index (χ3n) is 2.53. The molecule has 0 aromatic carbocycles. The molecule has 80 valence electrons. The van der Waals surface area contributed by atoms with Crippen molar-refractivity contribution >= 4 is 8.56 Å². The van der Waals surface area contributed by atoms with Crippen LogP contribution in [0.25, 0.3) is 0 Å². The molecule has 0 aromatic heterocycles. The van der Waals surface area contributed by atoms with Crippen molar-refractivity contribution in [1.82, 2.24) is 0 Å². The monoisotopic (exact) mass is 212 g/mol. The van der Waals surface area contributed by atoms with Crippen molar-refractivity contribution in [2.24, 2.45) is 0 Å². The van der Waals surface area contributed by atoms with E-state index in [-0.39, 0.29) is 0 Å². The minimum atomic E-state index is -2.01. The number of rotatable bonds is 6. The summed E-state index contributed by atoms with van der Waals surface area (Å²) in [5.74, 6) is 0. The maximum absolute atomic E-state index is 5.92. The molecule has 0 N–H and O–H groups in total. The Bertz CT molecular complexity index is 205. The molecule has 0 heterocycles. The van der Waals surface area contributed by atoms with Gasteiger partial charge in [-0.1, -0.05) is 31.2 Å². The maximum Gasteiger partial charge on any atom is 0.348 e. The van der Waals surface area contributed by atoms with Crippen molar-refractivity contribution in [3.63, 3.8) is 0 Å². The lowest BCUT2D eigenvalue weighted by Gasteiger charge is -2.32. The van der Waals surface area contributed by atoms with E-state index in [1.165, 1.54) is 0 Å². The zero-order valence-electron chi connectivity index (χ0n) is 9.32. The normalized spacial score (nSPS) is 16.8. The van der Waals surface area contributed by atoms with Gasteiger partial charge in [-0.3, -0.25) is 0 Å². The van der Waals surface area contributed by atoms with Crippen LogP contribution in [0, 0.1) is 0 Å². The first-order valence-corrected chi connectivity index (χ1v) is 7.52. The van der Waals surface area contributed by atoms with Crippen molar-refractivity contribution in [2.45, 2.75) is 32.4 Å². The van der Waals surface area contributed by atoms with Gasteiger partial charge in [-0.15, -0.1) is 0 Å².